The van der Waals surface area contributed by atoms with Crippen LogP contribution in [0.15, 0.2) is 0 Å². The van der Waals surface area contributed by atoms with E-state index in [1.807, 2.05) is 0 Å². The molecule has 1 heterocycles. The summed E-state index contributed by atoms with van der Waals surface area (Å²) in [6.07, 6.45) is 2.58. The molecule has 1 rings (SSSR count). The summed E-state index contributed by atoms with van der Waals surface area (Å²) in [7, 11) is 2.22. The van der Waals surface area contributed by atoms with Gasteiger partial charge in [0, 0.05) is 0 Å². The summed E-state index contributed by atoms with van der Waals surface area (Å²) in [5.74, 6) is 1.66. The van der Waals surface area contributed by atoms with Crippen molar-refractivity contribution in [1.82, 2.24) is 4.90 Å². The van der Waals surface area contributed by atoms with Crippen LogP contribution in [0.5, 0.6) is 0 Å². The third-order valence-corrected chi connectivity index (χ3v) is 2.68. The lowest BCUT2D eigenvalue weighted by Gasteiger charge is -2.46. The highest BCUT2D eigenvalue weighted by Crippen LogP contribution is 2.26. The number of likely N-dealkylation sites (tertiary alicyclic amines) is 1. The van der Waals surface area contributed by atoms with Crippen LogP contribution in [0.1, 0.15) is 33.6 Å². The third-order valence-electron chi connectivity index (χ3n) is 2.68. The molecule has 0 N–H and O–H groups in total. The first kappa shape index (κ1) is 8.06. The Bertz CT molecular complexity index is 99.3. The fraction of sp³-hybridized carbons (Fsp3) is 0.889. The highest BCUT2D eigenvalue weighted by Gasteiger charge is 2.17. The lowest BCUT2D eigenvalue weighted by Crippen LogP contribution is -2.42. The lowest BCUT2D eigenvalue weighted by atomic mass is 9.89. The predicted molar refractivity (Wildman–Crippen MR) is 44.8 cm³/mol. The van der Waals surface area contributed by atoms with Crippen LogP contribution in [-0.4, -0.2) is 24.0 Å². The molecule has 1 aliphatic heterocycles. The van der Waals surface area contributed by atoms with Crippen LogP contribution < -0.4 is 0 Å². The van der Waals surface area contributed by atoms with E-state index in [2.05, 4.69) is 32.7 Å². The van der Waals surface area contributed by atoms with Gasteiger partial charge in [-0.15, -0.1) is 0 Å². The number of hydrogen-bond acceptors (Lipinski definition) is 1. The molecular weight excluding hydrogens is 122 g/mol. The third kappa shape index (κ3) is 1.51. The molecule has 0 aromatic heterocycles. The van der Waals surface area contributed by atoms with Gasteiger partial charge in [-0.05, 0) is 19.1 Å². The van der Waals surface area contributed by atoms with Gasteiger partial charge in [-0.25, -0.2) is 0 Å². The summed E-state index contributed by atoms with van der Waals surface area (Å²) >= 11 is 0. The Kier molecular flexibility index (Phi) is 2.35. The van der Waals surface area contributed by atoms with Crippen LogP contribution in [0, 0.1) is 5.92 Å². The summed E-state index contributed by atoms with van der Waals surface area (Å²) in [5.41, 5.74) is 0. The Morgan fingerprint density at radius 1 is 1.20 bits per heavy atom. The normalized spacial score (nSPS) is 38.4. The second-order valence-electron chi connectivity index (χ2n) is 3.73. The highest BCUT2D eigenvalue weighted by molar-refractivity contribution is 4.97. The first-order valence-electron chi connectivity index (χ1n) is 4.14. The zero-order valence-corrected chi connectivity index (χ0v) is 7.52. The van der Waals surface area contributed by atoms with Crippen molar-refractivity contribution in [3.8, 4) is 0 Å². The van der Waals surface area contributed by atoms with Crippen LogP contribution in [0.2, 0.25) is 0 Å². The van der Waals surface area contributed by atoms with Crippen molar-refractivity contribution in [1.29, 1.82) is 0 Å². The molecule has 1 aliphatic rings. The first-order chi connectivity index (χ1) is 4.61. The number of hydrogen-bond donors (Lipinski definition) is 0. The van der Waals surface area contributed by atoms with E-state index in [1.54, 1.807) is 5.92 Å². The van der Waals surface area contributed by atoms with Crippen LogP contribution >= 0.6 is 0 Å². The molecule has 0 aliphatic carbocycles. The zero-order valence-electron chi connectivity index (χ0n) is 7.52. The molecule has 1 nitrogen and oxygen atoms in total. The lowest BCUT2D eigenvalue weighted by molar-refractivity contribution is 0.151. The molecule has 1 saturated heterocycles. The summed E-state index contributed by atoms with van der Waals surface area (Å²) in [5, 5.41) is 0. The molecule has 0 saturated carbocycles. The minimum absolute atomic E-state index is 0.753. The van der Waals surface area contributed by atoms with Gasteiger partial charge in [0.05, 0.1) is 0 Å². The number of rotatable bonds is 0. The van der Waals surface area contributed by atoms with Gasteiger partial charge in [0.1, 0.15) is 0 Å². The summed E-state index contributed by atoms with van der Waals surface area (Å²) in [6.45, 7) is 6.89. The van der Waals surface area contributed by atoms with Crippen molar-refractivity contribution in [3.05, 3.63) is 5.92 Å². The number of piperidine rings is 1. The molecule has 10 heavy (non-hydrogen) atoms. The van der Waals surface area contributed by atoms with Crippen molar-refractivity contribution >= 4 is 0 Å². The van der Waals surface area contributed by atoms with Crippen molar-refractivity contribution in [2.75, 3.05) is 7.05 Å². The standard InChI is InChI=1S/C9H18N/c1-7-5-8(2)10(4)9(3)6-7/h8-9H,5-6H2,1-4H3/q-1. The maximum absolute atomic E-state index is 2.47. The molecule has 2 unspecified atom stereocenters. The van der Waals surface area contributed by atoms with Gasteiger partial charge in [-0.1, -0.05) is 13.8 Å². The van der Waals surface area contributed by atoms with E-state index in [-0.39, 0.29) is 0 Å². The van der Waals surface area contributed by atoms with Gasteiger partial charge in [-0.3, -0.25) is 0 Å². The average molecular weight is 140 g/mol. The van der Waals surface area contributed by atoms with Crippen LogP contribution in [0.3, 0.4) is 0 Å². The Labute approximate surface area is 64.4 Å². The Morgan fingerprint density at radius 3 is 2.00 bits per heavy atom. The maximum atomic E-state index is 2.47. The van der Waals surface area contributed by atoms with Crippen molar-refractivity contribution in [3.63, 3.8) is 0 Å². The quantitative estimate of drug-likeness (QED) is 0.466. The van der Waals surface area contributed by atoms with Gasteiger partial charge in [0.25, 0.3) is 0 Å². The first-order valence-corrected chi connectivity index (χ1v) is 4.14. The van der Waals surface area contributed by atoms with Crippen LogP contribution in [-0.2, 0) is 0 Å². The van der Waals surface area contributed by atoms with E-state index < -0.39 is 0 Å². The van der Waals surface area contributed by atoms with Crippen LogP contribution in [0.25, 0.3) is 0 Å². The fourth-order valence-electron chi connectivity index (χ4n) is 1.81. The average Bonchev–Trinajstić information content (AvgIpc) is 1.82. The van der Waals surface area contributed by atoms with Crippen molar-refractivity contribution in [2.24, 2.45) is 0 Å². The number of nitrogens with zero attached hydrogens (tertiary/aromatic N) is 1. The van der Waals surface area contributed by atoms with Gasteiger partial charge in [-0.2, -0.15) is 19.8 Å². The van der Waals surface area contributed by atoms with E-state index in [1.165, 1.54) is 12.8 Å². The van der Waals surface area contributed by atoms with Gasteiger partial charge >= 0.3 is 0 Å². The van der Waals surface area contributed by atoms with Gasteiger partial charge in [0.15, 0.2) is 0 Å². The molecule has 1 fully saturated rings. The molecule has 0 amide bonds. The van der Waals surface area contributed by atoms with Crippen LogP contribution in [0.4, 0.5) is 0 Å². The minimum Gasteiger partial charge on any atom is -0.314 e. The van der Waals surface area contributed by atoms with E-state index >= 15 is 0 Å². The molecule has 0 aromatic rings. The van der Waals surface area contributed by atoms with Crippen molar-refractivity contribution < 1.29 is 0 Å². The van der Waals surface area contributed by atoms with Gasteiger partial charge < -0.3 is 10.8 Å². The Hall–Kier alpha value is -0.0400. The Morgan fingerprint density at radius 2 is 1.60 bits per heavy atom. The monoisotopic (exact) mass is 140 g/mol. The molecular formula is C9H18N-. The molecule has 60 valence electrons. The molecule has 0 bridgehead atoms. The molecule has 2 atom stereocenters. The minimum atomic E-state index is 0.753. The zero-order chi connectivity index (χ0) is 7.72. The smallest absolute Gasteiger partial charge is 0.0130 e. The second-order valence-corrected chi connectivity index (χ2v) is 3.73. The highest BCUT2D eigenvalue weighted by atomic mass is 15.2. The summed E-state index contributed by atoms with van der Waals surface area (Å²) < 4.78 is 0. The van der Waals surface area contributed by atoms with Gasteiger partial charge in [0.2, 0.25) is 0 Å². The van der Waals surface area contributed by atoms with E-state index in [0.717, 1.165) is 12.1 Å². The molecule has 0 spiro atoms. The predicted octanol–water partition coefficient (Wildman–Crippen LogP) is 2.08. The SMILES string of the molecule is C[C-]1CC(C)N(C)C(C)C1. The maximum Gasteiger partial charge on any atom is -0.0130 e. The van der Waals surface area contributed by atoms with E-state index in [4.69, 9.17) is 0 Å². The summed E-state index contributed by atoms with van der Waals surface area (Å²) in [6, 6.07) is 1.51. The van der Waals surface area contributed by atoms with E-state index in [0.29, 0.717) is 0 Å². The fourth-order valence-corrected chi connectivity index (χ4v) is 1.81. The largest absolute Gasteiger partial charge is 0.314 e. The Balaban J connectivity index is 2.49. The van der Waals surface area contributed by atoms with Crippen molar-refractivity contribution in [2.45, 2.75) is 45.7 Å². The molecule has 1 heteroatoms. The summed E-state index contributed by atoms with van der Waals surface area (Å²) in [4.78, 5) is 2.47. The topological polar surface area (TPSA) is 3.24 Å². The second kappa shape index (κ2) is 2.91. The molecule has 0 aromatic carbocycles. The molecule has 0 radical (unpaired) electrons. The van der Waals surface area contributed by atoms with E-state index in [9.17, 15) is 0 Å².